The molecule has 0 spiro atoms. The van der Waals surface area contributed by atoms with Crippen LogP contribution < -0.4 is 4.72 Å². The fourth-order valence-corrected chi connectivity index (χ4v) is 3.92. The third kappa shape index (κ3) is 3.62. The number of anilines is 1. The highest BCUT2D eigenvalue weighted by Crippen LogP contribution is 2.32. The lowest BCUT2D eigenvalue weighted by atomic mass is 10.2. The van der Waals surface area contributed by atoms with Crippen molar-refractivity contribution in [2.75, 3.05) is 4.72 Å². The SMILES string of the molecule is O=S(=O)(Nc1ccccc1Cl)c1cc(Cl)cc(CO)c1Cl. The van der Waals surface area contributed by atoms with E-state index in [-0.39, 0.29) is 31.2 Å². The highest BCUT2D eigenvalue weighted by Gasteiger charge is 2.22. The molecule has 4 nitrogen and oxygen atoms in total. The molecule has 0 aliphatic heterocycles. The Morgan fingerprint density at radius 2 is 1.76 bits per heavy atom. The highest BCUT2D eigenvalue weighted by atomic mass is 35.5. The monoisotopic (exact) mass is 365 g/mol. The number of aliphatic hydroxyl groups excluding tert-OH is 1. The van der Waals surface area contributed by atoms with Gasteiger partial charge in [0.2, 0.25) is 0 Å². The maximum atomic E-state index is 12.4. The second kappa shape index (κ2) is 6.42. The second-order valence-corrected chi connectivity index (χ2v) is 6.99. The summed E-state index contributed by atoms with van der Waals surface area (Å²) in [6.07, 6.45) is 0. The fraction of sp³-hybridized carbons (Fsp3) is 0.0769. The third-order valence-electron chi connectivity index (χ3n) is 2.66. The maximum absolute atomic E-state index is 12.4. The largest absolute Gasteiger partial charge is 0.392 e. The first-order valence-electron chi connectivity index (χ1n) is 5.71. The van der Waals surface area contributed by atoms with E-state index < -0.39 is 16.6 Å². The maximum Gasteiger partial charge on any atom is 0.263 e. The van der Waals surface area contributed by atoms with Gasteiger partial charge in [-0.25, -0.2) is 8.42 Å². The van der Waals surface area contributed by atoms with Crippen LogP contribution in [0.25, 0.3) is 0 Å². The first-order valence-corrected chi connectivity index (χ1v) is 8.33. The summed E-state index contributed by atoms with van der Waals surface area (Å²) < 4.78 is 27.1. The number of sulfonamides is 1. The summed E-state index contributed by atoms with van der Waals surface area (Å²) in [4.78, 5) is -0.222. The normalized spacial score (nSPS) is 11.4. The van der Waals surface area contributed by atoms with Gasteiger partial charge in [-0.05, 0) is 29.8 Å². The van der Waals surface area contributed by atoms with Crippen LogP contribution in [0.3, 0.4) is 0 Å². The van der Waals surface area contributed by atoms with Crippen molar-refractivity contribution < 1.29 is 13.5 Å². The van der Waals surface area contributed by atoms with Gasteiger partial charge in [-0.2, -0.15) is 0 Å². The van der Waals surface area contributed by atoms with Gasteiger partial charge in [-0.15, -0.1) is 0 Å². The molecule has 0 heterocycles. The van der Waals surface area contributed by atoms with Gasteiger partial charge in [0, 0.05) is 5.02 Å². The standard InChI is InChI=1S/C13H10Cl3NO3S/c14-9-5-8(7-18)13(16)12(6-9)21(19,20)17-11-4-2-1-3-10(11)15/h1-6,17-18H,7H2. The Bertz CT molecular complexity index is 778. The van der Waals surface area contributed by atoms with Gasteiger partial charge in [0.25, 0.3) is 10.0 Å². The number of para-hydroxylation sites is 1. The van der Waals surface area contributed by atoms with Gasteiger partial charge in [0.05, 0.1) is 22.3 Å². The van der Waals surface area contributed by atoms with Crippen molar-refractivity contribution >= 4 is 50.5 Å². The van der Waals surface area contributed by atoms with Crippen molar-refractivity contribution in [2.45, 2.75) is 11.5 Å². The number of nitrogens with one attached hydrogen (secondary N) is 1. The first-order chi connectivity index (χ1) is 9.85. The van der Waals surface area contributed by atoms with Gasteiger partial charge in [-0.1, -0.05) is 46.9 Å². The summed E-state index contributed by atoms with van der Waals surface area (Å²) >= 11 is 17.8. The molecule has 0 bridgehead atoms. The minimum atomic E-state index is -3.98. The number of hydrogen-bond acceptors (Lipinski definition) is 3. The molecule has 0 unspecified atom stereocenters. The van der Waals surface area contributed by atoms with E-state index in [1.54, 1.807) is 18.2 Å². The lowest BCUT2D eigenvalue weighted by Gasteiger charge is -2.13. The predicted octanol–water partition coefficient (Wildman–Crippen LogP) is 3.94. The van der Waals surface area contributed by atoms with Gasteiger partial charge < -0.3 is 5.11 Å². The summed E-state index contributed by atoms with van der Waals surface area (Å²) in [5, 5.41) is 9.51. The lowest BCUT2D eigenvalue weighted by molar-refractivity contribution is 0.281. The van der Waals surface area contributed by atoms with Gasteiger partial charge in [0.15, 0.2) is 0 Å². The van der Waals surface area contributed by atoms with E-state index in [0.717, 1.165) is 0 Å². The first kappa shape index (κ1) is 16.4. The summed E-state index contributed by atoms with van der Waals surface area (Å²) in [5.74, 6) is 0. The molecule has 2 aromatic carbocycles. The number of benzene rings is 2. The molecule has 0 aromatic heterocycles. The van der Waals surface area contributed by atoms with E-state index >= 15 is 0 Å². The average Bonchev–Trinajstić information content (AvgIpc) is 2.43. The van der Waals surface area contributed by atoms with E-state index in [9.17, 15) is 13.5 Å². The van der Waals surface area contributed by atoms with E-state index in [0.29, 0.717) is 0 Å². The molecule has 21 heavy (non-hydrogen) atoms. The zero-order valence-corrected chi connectivity index (χ0v) is 13.6. The summed E-state index contributed by atoms with van der Waals surface area (Å²) in [7, 11) is -3.98. The topological polar surface area (TPSA) is 66.4 Å². The molecule has 0 radical (unpaired) electrons. The molecule has 0 atom stereocenters. The van der Waals surface area contributed by atoms with Crippen molar-refractivity contribution in [3.8, 4) is 0 Å². The van der Waals surface area contributed by atoms with Crippen LogP contribution in [0.5, 0.6) is 0 Å². The fourth-order valence-electron chi connectivity index (χ4n) is 1.67. The van der Waals surface area contributed by atoms with Crippen LogP contribution in [0.15, 0.2) is 41.3 Å². The molecular formula is C13H10Cl3NO3S. The lowest BCUT2D eigenvalue weighted by Crippen LogP contribution is -2.14. The Morgan fingerprint density at radius 3 is 2.38 bits per heavy atom. The Kier molecular flexibility index (Phi) is 5.01. The molecule has 2 N–H and O–H groups in total. The molecule has 0 fully saturated rings. The zero-order chi connectivity index (χ0) is 15.6. The van der Waals surface area contributed by atoms with Crippen LogP contribution in [0.1, 0.15) is 5.56 Å². The van der Waals surface area contributed by atoms with Crippen molar-refractivity contribution in [2.24, 2.45) is 0 Å². The molecule has 2 aromatic rings. The Morgan fingerprint density at radius 1 is 1.10 bits per heavy atom. The Balaban J connectivity index is 2.50. The predicted molar refractivity (Wildman–Crippen MR) is 84.6 cm³/mol. The quantitative estimate of drug-likeness (QED) is 0.861. The minimum absolute atomic E-state index is 0.0820. The van der Waals surface area contributed by atoms with Gasteiger partial charge in [0.1, 0.15) is 4.90 Å². The summed E-state index contributed by atoms with van der Waals surface area (Å²) in [6.45, 7) is -0.423. The van der Waals surface area contributed by atoms with E-state index in [2.05, 4.69) is 4.72 Å². The summed E-state index contributed by atoms with van der Waals surface area (Å²) in [6, 6.07) is 9.00. The van der Waals surface area contributed by atoms with Crippen molar-refractivity contribution in [1.29, 1.82) is 0 Å². The van der Waals surface area contributed by atoms with Crippen LogP contribution in [0.4, 0.5) is 5.69 Å². The number of halogens is 3. The van der Waals surface area contributed by atoms with E-state index in [1.807, 2.05) is 0 Å². The molecule has 0 aliphatic rings. The van der Waals surface area contributed by atoms with Crippen molar-refractivity contribution in [3.05, 3.63) is 57.0 Å². The van der Waals surface area contributed by atoms with Crippen molar-refractivity contribution in [1.82, 2.24) is 0 Å². The molecule has 0 saturated heterocycles. The Hall–Kier alpha value is -0.980. The van der Waals surface area contributed by atoms with Crippen LogP contribution >= 0.6 is 34.8 Å². The summed E-state index contributed by atoms with van der Waals surface area (Å²) in [5.41, 5.74) is 0.449. The molecular weight excluding hydrogens is 357 g/mol. The van der Waals surface area contributed by atoms with Crippen LogP contribution in [0, 0.1) is 0 Å². The van der Waals surface area contributed by atoms with E-state index in [4.69, 9.17) is 34.8 Å². The number of aliphatic hydroxyl groups is 1. The molecule has 112 valence electrons. The third-order valence-corrected chi connectivity index (χ3v) is 5.15. The molecule has 8 heteroatoms. The molecule has 0 amide bonds. The highest BCUT2D eigenvalue weighted by molar-refractivity contribution is 7.92. The minimum Gasteiger partial charge on any atom is -0.392 e. The van der Waals surface area contributed by atoms with Gasteiger partial charge in [-0.3, -0.25) is 4.72 Å². The van der Waals surface area contributed by atoms with Crippen LogP contribution in [-0.2, 0) is 16.6 Å². The zero-order valence-electron chi connectivity index (χ0n) is 10.5. The number of hydrogen-bond donors (Lipinski definition) is 2. The molecule has 0 saturated carbocycles. The van der Waals surface area contributed by atoms with Crippen LogP contribution in [0.2, 0.25) is 15.1 Å². The second-order valence-electron chi connectivity index (χ2n) is 4.12. The average molecular weight is 367 g/mol. The smallest absolute Gasteiger partial charge is 0.263 e. The van der Waals surface area contributed by atoms with Gasteiger partial charge >= 0.3 is 0 Å². The molecule has 2 rings (SSSR count). The van der Waals surface area contributed by atoms with Crippen molar-refractivity contribution in [3.63, 3.8) is 0 Å². The number of rotatable bonds is 4. The molecule has 0 aliphatic carbocycles. The van der Waals surface area contributed by atoms with E-state index in [1.165, 1.54) is 18.2 Å². The Labute approximate surface area is 137 Å². The van der Waals surface area contributed by atoms with Crippen LogP contribution in [-0.4, -0.2) is 13.5 Å².